The maximum Gasteiger partial charge on any atom is 0.287 e. The van der Waals surface area contributed by atoms with E-state index in [1.54, 1.807) is 0 Å². The molecule has 0 amide bonds. The highest BCUT2D eigenvalue weighted by Crippen LogP contribution is 2.25. The summed E-state index contributed by atoms with van der Waals surface area (Å²) in [7, 11) is -3.71. The van der Waals surface area contributed by atoms with Crippen LogP contribution in [0.4, 0.5) is 5.69 Å². The molecular formula is C13H18N2O5S. The maximum absolute atomic E-state index is 12.4. The quantitative estimate of drug-likeness (QED) is 0.597. The average molecular weight is 314 g/mol. The summed E-state index contributed by atoms with van der Waals surface area (Å²) in [5, 5.41) is 11.0. The number of nitro groups is 1. The Labute approximate surface area is 123 Å². The van der Waals surface area contributed by atoms with Gasteiger partial charge in [0.2, 0.25) is 0 Å². The van der Waals surface area contributed by atoms with E-state index in [4.69, 9.17) is 4.74 Å². The topological polar surface area (TPSA) is 89.8 Å². The highest BCUT2D eigenvalue weighted by Gasteiger charge is 2.29. The first-order valence-corrected chi connectivity index (χ1v) is 8.35. The Morgan fingerprint density at radius 3 is 2.57 bits per heavy atom. The van der Waals surface area contributed by atoms with Gasteiger partial charge in [0.15, 0.2) is 9.84 Å². The first-order valence-electron chi connectivity index (χ1n) is 6.70. The van der Waals surface area contributed by atoms with Crippen LogP contribution in [0, 0.1) is 10.1 Å². The molecule has 8 heteroatoms. The van der Waals surface area contributed by atoms with Gasteiger partial charge in [-0.05, 0) is 13.0 Å². The first-order chi connectivity index (χ1) is 9.92. The molecule has 1 aromatic carbocycles. The van der Waals surface area contributed by atoms with E-state index in [-0.39, 0.29) is 22.4 Å². The van der Waals surface area contributed by atoms with E-state index in [2.05, 4.69) is 0 Å². The molecule has 2 rings (SSSR count). The second kappa shape index (κ2) is 6.50. The molecule has 1 aromatic rings. The second-order valence-corrected chi connectivity index (χ2v) is 7.01. The number of para-hydroxylation sites is 1. The summed E-state index contributed by atoms with van der Waals surface area (Å²) in [6.07, 6.45) is 0. The normalized spacial score (nSPS) is 18.3. The lowest BCUT2D eigenvalue weighted by Gasteiger charge is -2.32. The Morgan fingerprint density at radius 1 is 1.33 bits per heavy atom. The monoisotopic (exact) mass is 314 g/mol. The van der Waals surface area contributed by atoms with Crippen LogP contribution < -0.4 is 0 Å². The first kappa shape index (κ1) is 15.9. The van der Waals surface area contributed by atoms with Crippen molar-refractivity contribution in [3.05, 3.63) is 34.4 Å². The number of sulfone groups is 1. The largest absolute Gasteiger partial charge is 0.379 e. The van der Waals surface area contributed by atoms with Crippen LogP contribution >= 0.6 is 0 Å². The van der Waals surface area contributed by atoms with E-state index in [1.165, 1.54) is 24.3 Å². The number of hydrogen-bond acceptors (Lipinski definition) is 6. The predicted octanol–water partition coefficient (Wildman–Crippen LogP) is 1.09. The fraction of sp³-hybridized carbons (Fsp3) is 0.538. The van der Waals surface area contributed by atoms with Crippen molar-refractivity contribution in [1.29, 1.82) is 0 Å². The van der Waals surface area contributed by atoms with Crippen molar-refractivity contribution in [3.63, 3.8) is 0 Å². The molecule has 1 aliphatic heterocycles. The number of ether oxygens (including phenoxy) is 1. The number of benzene rings is 1. The lowest BCUT2D eigenvalue weighted by molar-refractivity contribution is -0.387. The smallest absolute Gasteiger partial charge is 0.287 e. The third-order valence-electron chi connectivity index (χ3n) is 3.53. The van der Waals surface area contributed by atoms with E-state index in [0.717, 1.165) is 0 Å². The lowest BCUT2D eigenvalue weighted by Crippen LogP contribution is -2.45. The molecular weight excluding hydrogens is 296 g/mol. The van der Waals surface area contributed by atoms with E-state index in [9.17, 15) is 18.5 Å². The summed E-state index contributed by atoms with van der Waals surface area (Å²) in [6, 6.07) is 5.26. The average Bonchev–Trinajstić information content (AvgIpc) is 2.47. The molecule has 1 atom stereocenters. The Bertz CT molecular complexity index is 611. The number of nitrogens with zero attached hydrogens (tertiary/aromatic N) is 2. The summed E-state index contributed by atoms with van der Waals surface area (Å²) in [5.41, 5.74) is -0.369. The van der Waals surface area contributed by atoms with Crippen LogP contribution in [0.25, 0.3) is 0 Å². The van der Waals surface area contributed by atoms with Gasteiger partial charge in [0, 0.05) is 25.2 Å². The number of nitro benzene ring substituents is 1. The Balaban J connectivity index is 2.20. The van der Waals surface area contributed by atoms with Crippen LogP contribution in [0.1, 0.15) is 6.92 Å². The van der Waals surface area contributed by atoms with Gasteiger partial charge in [-0.25, -0.2) is 8.42 Å². The summed E-state index contributed by atoms with van der Waals surface area (Å²) in [4.78, 5) is 12.1. The Morgan fingerprint density at radius 2 is 1.95 bits per heavy atom. The zero-order valence-electron chi connectivity index (χ0n) is 11.8. The summed E-state index contributed by atoms with van der Waals surface area (Å²) < 4.78 is 30.1. The fourth-order valence-corrected chi connectivity index (χ4v) is 4.17. The molecule has 1 saturated heterocycles. The molecule has 1 heterocycles. The second-order valence-electron chi connectivity index (χ2n) is 5.00. The minimum Gasteiger partial charge on any atom is -0.379 e. The molecule has 1 aliphatic rings. The molecule has 0 saturated carbocycles. The lowest BCUT2D eigenvalue weighted by atomic mass is 10.3. The molecule has 21 heavy (non-hydrogen) atoms. The zero-order chi connectivity index (χ0) is 15.5. The Kier molecular flexibility index (Phi) is 4.92. The van der Waals surface area contributed by atoms with Gasteiger partial charge in [-0.2, -0.15) is 0 Å². The van der Waals surface area contributed by atoms with Crippen molar-refractivity contribution in [2.75, 3.05) is 32.1 Å². The molecule has 0 aromatic heterocycles. The SMILES string of the molecule is CC(CS(=O)(=O)c1ccccc1[N+](=O)[O-])N1CCOCC1. The molecule has 116 valence electrons. The van der Waals surface area contributed by atoms with Gasteiger partial charge >= 0.3 is 0 Å². The van der Waals surface area contributed by atoms with Crippen LogP contribution in [0.5, 0.6) is 0 Å². The minimum atomic E-state index is -3.71. The van der Waals surface area contributed by atoms with Crippen LogP contribution in [0.15, 0.2) is 29.2 Å². The van der Waals surface area contributed by atoms with Crippen molar-refractivity contribution >= 4 is 15.5 Å². The minimum absolute atomic E-state index is 0.141. The van der Waals surface area contributed by atoms with Crippen LogP contribution in [0.3, 0.4) is 0 Å². The van der Waals surface area contributed by atoms with E-state index in [1.807, 2.05) is 11.8 Å². The van der Waals surface area contributed by atoms with Gasteiger partial charge in [-0.3, -0.25) is 15.0 Å². The molecule has 0 bridgehead atoms. The molecule has 0 spiro atoms. The fourth-order valence-electron chi connectivity index (χ4n) is 2.40. The summed E-state index contributed by atoms with van der Waals surface area (Å²) in [6.45, 7) is 4.32. The summed E-state index contributed by atoms with van der Waals surface area (Å²) >= 11 is 0. The summed E-state index contributed by atoms with van der Waals surface area (Å²) in [5.74, 6) is -0.141. The van der Waals surface area contributed by atoms with Crippen LogP contribution in [-0.2, 0) is 14.6 Å². The van der Waals surface area contributed by atoms with Crippen molar-refractivity contribution in [2.45, 2.75) is 17.9 Å². The van der Waals surface area contributed by atoms with Gasteiger partial charge in [0.05, 0.1) is 23.9 Å². The van der Waals surface area contributed by atoms with Crippen LogP contribution in [0.2, 0.25) is 0 Å². The highest BCUT2D eigenvalue weighted by molar-refractivity contribution is 7.91. The third kappa shape index (κ3) is 3.78. The molecule has 7 nitrogen and oxygen atoms in total. The zero-order valence-corrected chi connectivity index (χ0v) is 12.6. The number of hydrogen-bond donors (Lipinski definition) is 0. The van der Waals surface area contributed by atoms with Gasteiger partial charge in [0.25, 0.3) is 5.69 Å². The standard InChI is InChI=1S/C13H18N2O5S/c1-11(14-6-8-20-9-7-14)10-21(18,19)13-5-3-2-4-12(13)15(16)17/h2-5,11H,6-10H2,1H3. The van der Waals surface area contributed by atoms with Crippen molar-refractivity contribution in [1.82, 2.24) is 4.90 Å². The number of rotatable bonds is 5. The van der Waals surface area contributed by atoms with Gasteiger partial charge in [0.1, 0.15) is 4.90 Å². The molecule has 0 radical (unpaired) electrons. The highest BCUT2D eigenvalue weighted by atomic mass is 32.2. The van der Waals surface area contributed by atoms with Crippen molar-refractivity contribution < 1.29 is 18.1 Å². The van der Waals surface area contributed by atoms with E-state index >= 15 is 0 Å². The molecule has 0 N–H and O–H groups in total. The van der Waals surface area contributed by atoms with Gasteiger partial charge < -0.3 is 4.74 Å². The van der Waals surface area contributed by atoms with Crippen LogP contribution in [-0.4, -0.2) is 56.3 Å². The molecule has 1 fully saturated rings. The van der Waals surface area contributed by atoms with Gasteiger partial charge in [-0.1, -0.05) is 12.1 Å². The van der Waals surface area contributed by atoms with Gasteiger partial charge in [-0.15, -0.1) is 0 Å². The third-order valence-corrected chi connectivity index (χ3v) is 5.46. The van der Waals surface area contributed by atoms with Crippen molar-refractivity contribution in [2.24, 2.45) is 0 Å². The van der Waals surface area contributed by atoms with E-state index < -0.39 is 14.8 Å². The molecule has 1 unspecified atom stereocenters. The predicted molar refractivity (Wildman–Crippen MR) is 77.0 cm³/mol. The molecule has 0 aliphatic carbocycles. The Hall–Kier alpha value is -1.51. The van der Waals surface area contributed by atoms with Crippen molar-refractivity contribution in [3.8, 4) is 0 Å². The number of morpholine rings is 1. The maximum atomic E-state index is 12.4. The van der Waals surface area contributed by atoms with E-state index in [0.29, 0.717) is 26.3 Å².